The second-order valence-corrected chi connectivity index (χ2v) is 9.05. The van der Waals surface area contributed by atoms with Gasteiger partial charge in [-0.3, -0.25) is 9.58 Å². The van der Waals surface area contributed by atoms with Crippen molar-refractivity contribution in [1.82, 2.24) is 24.5 Å². The first-order valence-corrected chi connectivity index (χ1v) is 10.0. The third-order valence-electron chi connectivity index (χ3n) is 6.23. The molecule has 2 fully saturated rings. The standard InChI is InChI=1S/C20H37N5/c1-17(2)25-11-9-23(10-12-25)7-6-8-24-15-19(20(3,4)16-24)18-13-21-22(5)14-18/h13-14,17,19H,6-12,15-16H2,1-5H3/t19-/m0/s1. The second-order valence-electron chi connectivity index (χ2n) is 9.05. The molecule has 1 atom stereocenters. The van der Waals surface area contributed by atoms with Crippen LogP contribution < -0.4 is 0 Å². The van der Waals surface area contributed by atoms with Crippen molar-refractivity contribution in [3.63, 3.8) is 0 Å². The maximum absolute atomic E-state index is 4.38. The summed E-state index contributed by atoms with van der Waals surface area (Å²) in [5.74, 6) is 0.607. The summed E-state index contributed by atoms with van der Waals surface area (Å²) in [4.78, 5) is 7.92. The minimum absolute atomic E-state index is 0.339. The van der Waals surface area contributed by atoms with Gasteiger partial charge < -0.3 is 9.80 Å². The Labute approximate surface area is 154 Å². The Morgan fingerprint density at radius 2 is 1.80 bits per heavy atom. The highest BCUT2D eigenvalue weighted by molar-refractivity contribution is 5.18. The Morgan fingerprint density at radius 1 is 1.12 bits per heavy atom. The van der Waals surface area contributed by atoms with Crippen LogP contribution in [0.4, 0.5) is 0 Å². The van der Waals surface area contributed by atoms with E-state index < -0.39 is 0 Å². The molecular formula is C20H37N5. The van der Waals surface area contributed by atoms with E-state index in [2.05, 4.69) is 59.9 Å². The van der Waals surface area contributed by atoms with E-state index in [1.54, 1.807) is 0 Å². The van der Waals surface area contributed by atoms with Gasteiger partial charge >= 0.3 is 0 Å². The molecule has 0 amide bonds. The average Bonchev–Trinajstić information content (AvgIpc) is 3.10. The Morgan fingerprint density at radius 3 is 2.40 bits per heavy atom. The molecule has 3 heterocycles. The van der Waals surface area contributed by atoms with Crippen LogP contribution in [0.5, 0.6) is 0 Å². The van der Waals surface area contributed by atoms with Crippen LogP contribution in [0.3, 0.4) is 0 Å². The van der Waals surface area contributed by atoms with Crippen LogP contribution in [0.2, 0.25) is 0 Å². The topological polar surface area (TPSA) is 27.5 Å². The van der Waals surface area contributed by atoms with Gasteiger partial charge in [-0.25, -0.2) is 0 Å². The smallest absolute Gasteiger partial charge is 0.0525 e. The number of rotatable bonds is 6. The van der Waals surface area contributed by atoms with Crippen LogP contribution in [0.1, 0.15) is 45.6 Å². The van der Waals surface area contributed by atoms with Gasteiger partial charge in [-0.05, 0) is 44.3 Å². The number of hydrogen-bond donors (Lipinski definition) is 0. The number of piperazine rings is 1. The van der Waals surface area contributed by atoms with Gasteiger partial charge in [0.25, 0.3) is 0 Å². The van der Waals surface area contributed by atoms with Crippen molar-refractivity contribution in [1.29, 1.82) is 0 Å². The molecule has 0 saturated carbocycles. The van der Waals surface area contributed by atoms with Crippen molar-refractivity contribution in [3.8, 4) is 0 Å². The first kappa shape index (κ1) is 18.9. The molecule has 0 aliphatic carbocycles. The normalized spacial score (nSPS) is 25.9. The molecule has 0 radical (unpaired) electrons. The van der Waals surface area contributed by atoms with Gasteiger partial charge in [0, 0.05) is 64.5 Å². The number of aromatic nitrogens is 2. The highest BCUT2D eigenvalue weighted by Crippen LogP contribution is 2.42. The molecule has 1 aromatic rings. The van der Waals surface area contributed by atoms with Crippen molar-refractivity contribution in [2.24, 2.45) is 12.5 Å². The SMILES string of the molecule is CC(C)N1CCN(CCCN2C[C@@H](c3cnn(C)c3)C(C)(C)C2)CC1. The Balaban J connectivity index is 1.42. The molecule has 2 aliphatic rings. The maximum atomic E-state index is 4.38. The van der Waals surface area contributed by atoms with Gasteiger partial charge in [-0.1, -0.05) is 13.8 Å². The van der Waals surface area contributed by atoms with Gasteiger partial charge in [-0.15, -0.1) is 0 Å². The van der Waals surface area contributed by atoms with E-state index in [1.165, 1.54) is 64.3 Å². The lowest BCUT2D eigenvalue weighted by Crippen LogP contribution is -2.49. The second kappa shape index (κ2) is 7.77. The quantitative estimate of drug-likeness (QED) is 0.789. The Hall–Kier alpha value is -0.910. The van der Waals surface area contributed by atoms with E-state index in [0.717, 1.165) is 0 Å². The van der Waals surface area contributed by atoms with E-state index in [-0.39, 0.29) is 0 Å². The molecule has 142 valence electrons. The zero-order valence-electron chi connectivity index (χ0n) is 16.9. The zero-order chi connectivity index (χ0) is 18.0. The molecule has 1 aromatic heterocycles. The molecule has 2 saturated heterocycles. The summed E-state index contributed by atoms with van der Waals surface area (Å²) < 4.78 is 1.94. The van der Waals surface area contributed by atoms with E-state index in [9.17, 15) is 0 Å². The Bertz CT molecular complexity index is 542. The molecule has 0 bridgehead atoms. The molecule has 2 aliphatic heterocycles. The van der Waals surface area contributed by atoms with Crippen molar-refractivity contribution < 1.29 is 0 Å². The molecule has 0 unspecified atom stereocenters. The number of nitrogens with zero attached hydrogens (tertiary/aromatic N) is 5. The predicted molar refractivity (Wildman–Crippen MR) is 104 cm³/mol. The van der Waals surface area contributed by atoms with Gasteiger partial charge in [-0.2, -0.15) is 5.10 Å². The first-order chi connectivity index (χ1) is 11.8. The summed E-state index contributed by atoms with van der Waals surface area (Å²) in [6.45, 7) is 19.2. The highest BCUT2D eigenvalue weighted by Gasteiger charge is 2.40. The van der Waals surface area contributed by atoms with E-state index in [4.69, 9.17) is 0 Å². The molecule has 5 nitrogen and oxygen atoms in total. The molecule has 0 spiro atoms. The number of hydrogen-bond acceptors (Lipinski definition) is 4. The monoisotopic (exact) mass is 347 g/mol. The van der Waals surface area contributed by atoms with Crippen LogP contribution in [0, 0.1) is 5.41 Å². The minimum atomic E-state index is 0.339. The summed E-state index contributed by atoms with van der Waals surface area (Å²) >= 11 is 0. The minimum Gasteiger partial charge on any atom is -0.302 e. The first-order valence-electron chi connectivity index (χ1n) is 10.0. The molecule has 0 aromatic carbocycles. The summed E-state index contributed by atoms with van der Waals surface area (Å²) in [6.07, 6.45) is 5.55. The third kappa shape index (κ3) is 4.63. The molecule has 25 heavy (non-hydrogen) atoms. The van der Waals surface area contributed by atoms with E-state index in [0.29, 0.717) is 17.4 Å². The lowest BCUT2D eigenvalue weighted by atomic mass is 9.79. The fraction of sp³-hybridized carbons (Fsp3) is 0.850. The van der Waals surface area contributed by atoms with Crippen molar-refractivity contribution in [3.05, 3.63) is 18.0 Å². The van der Waals surface area contributed by atoms with Gasteiger partial charge in [0.05, 0.1) is 6.20 Å². The number of likely N-dealkylation sites (tertiary alicyclic amines) is 1. The van der Waals surface area contributed by atoms with Crippen molar-refractivity contribution in [2.75, 3.05) is 52.4 Å². The summed E-state index contributed by atoms with van der Waals surface area (Å²) in [5.41, 5.74) is 1.74. The molecule has 0 N–H and O–H groups in total. The van der Waals surface area contributed by atoms with Crippen LogP contribution in [0.15, 0.2) is 12.4 Å². The predicted octanol–water partition coefficient (Wildman–Crippen LogP) is 2.26. The van der Waals surface area contributed by atoms with Gasteiger partial charge in [0.1, 0.15) is 0 Å². The largest absolute Gasteiger partial charge is 0.302 e. The van der Waals surface area contributed by atoms with Crippen molar-refractivity contribution in [2.45, 2.75) is 46.1 Å². The lowest BCUT2D eigenvalue weighted by Gasteiger charge is -2.37. The highest BCUT2D eigenvalue weighted by atomic mass is 15.3. The molecular weight excluding hydrogens is 310 g/mol. The molecule has 3 rings (SSSR count). The third-order valence-corrected chi connectivity index (χ3v) is 6.23. The molecule has 5 heteroatoms. The maximum Gasteiger partial charge on any atom is 0.0525 e. The van der Waals surface area contributed by atoms with Crippen LogP contribution in [0.25, 0.3) is 0 Å². The lowest BCUT2D eigenvalue weighted by molar-refractivity contribution is 0.105. The van der Waals surface area contributed by atoms with E-state index in [1.807, 2.05) is 11.7 Å². The van der Waals surface area contributed by atoms with Gasteiger partial charge in [0.2, 0.25) is 0 Å². The summed E-state index contributed by atoms with van der Waals surface area (Å²) in [5, 5.41) is 4.38. The van der Waals surface area contributed by atoms with E-state index >= 15 is 0 Å². The van der Waals surface area contributed by atoms with Crippen LogP contribution in [-0.4, -0.2) is 82.9 Å². The fourth-order valence-corrected chi connectivity index (χ4v) is 4.62. The van der Waals surface area contributed by atoms with Crippen LogP contribution >= 0.6 is 0 Å². The summed E-state index contributed by atoms with van der Waals surface area (Å²) in [7, 11) is 2.02. The fourth-order valence-electron chi connectivity index (χ4n) is 4.62. The Kier molecular flexibility index (Phi) is 5.86. The zero-order valence-corrected chi connectivity index (χ0v) is 16.9. The van der Waals surface area contributed by atoms with Crippen LogP contribution in [-0.2, 0) is 7.05 Å². The summed E-state index contributed by atoms with van der Waals surface area (Å²) in [6, 6.07) is 0.693. The van der Waals surface area contributed by atoms with Crippen molar-refractivity contribution >= 4 is 0 Å². The van der Waals surface area contributed by atoms with Gasteiger partial charge in [0.15, 0.2) is 0 Å². The number of aryl methyl sites for hydroxylation is 1. The average molecular weight is 348 g/mol.